The molecule has 0 bridgehead atoms. The second-order valence-corrected chi connectivity index (χ2v) is 8.54. The Kier molecular flexibility index (Phi) is 6.49. The van der Waals surface area contributed by atoms with Crippen molar-refractivity contribution < 1.29 is 9.59 Å². The third-order valence-corrected chi connectivity index (χ3v) is 6.57. The van der Waals surface area contributed by atoms with Crippen molar-refractivity contribution in [2.45, 2.75) is 50.0 Å². The fourth-order valence-electron chi connectivity index (χ4n) is 3.91. The van der Waals surface area contributed by atoms with Crippen molar-refractivity contribution in [2.24, 2.45) is 0 Å². The molecule has 1 aromatic carbocycles. The summed E-state index contributed by atoms with van der Waals surface area (Å²) in [5, 5.41) is 11.5. The number of likely N-dealkylation sites (tertiary alicyclic amines) is 1. The molecular formula is C21H27N5O2S. The van der Waals surface area contributed by atoms with E-state index in [9.17, 15) is 9.59 Å². The molecule has 0 saturated carbocycles. The fourth-order valence-corrected chi connectivity index (χ4v) is 4.87. The molecule has 2 amide bonds. The summed E-state index contributed by atoms with van der Waals surface area (Å²) >= 11 is 1.44. The van der Waals surface area contributed by atoms with Gasteiger partial charge >= 0.3 is 0 Å². The minimum Gasteiger partial charge on any atom is -0.352 e. The van der Waals surface area contributed by atoms with Crippen LogP contribution in [0.5, 0.6) is 0 Å². The Labute approximate surface area is 175 Å². The normalized spacial score (nSPS) is 15.9. The first-order chi connectivity index (χ1) is 14.2. The Balaban J connectivity index is 1.31. The van der Waals surface area contributed by atoms with Crippen molar-refractivity contribution in [3.05, 3.63) is 41.5 Å². The van der Waals surface area contributed by atoms with Crippen LogP contribution in [0.2, 0.25) is 0 Å². The maximum Gasteiger partial charge on any atom is 0.252 e. The van der Waals surface area contributed by atoms with Crippen molar-refractivity contribution in [2.75, 3.05) is 25.4 Å². The lowest BCUT2D eigenvalue weighted by atomic mass is 10.1. The molecule has 1 N–H and O–H groups in total. The van der Waals surface area contributed by atoms with Gasteiger partial charge in [0.1, 0.15) is 11.6 Å². The second-order valence-electron chi connectivity index (χ2n) is 7.52. The summed E-state index contributed by atoms with van der Waals surface area (Å²) in [7, 11) is 0. The highest BCUT2D eigenvalue weighted by molar-refractivity contribution is 8.00. The number of nitrogens with zero attached hydrogens (tertiary/aromatic N) is 4. The van der Waals surface area contributed by atoms with Gasteiger partial charge in [0.25, 0.3) is 5.91 Å². The summed E-state index contributed by atoms with van der Waals surface area (Å²) < 4.78 is 2.18. The molecule has 2 aliphatic rings. The van der Waals surface area contributed by atoms with Crippen LogP contribution in [0.4, 0.5) is 0 Å². The SMILES string of the molecule is O=C(NCCc1nnc2n1CCCC2)c1ccccc1SCC(=O)N1CCCC1. The van der Waals surface area contributed by atoms with Gasteiger partial charge in [-0.1, -0.05) is 12.1 Å². The third kappa shape index (κ3) is 4.80. The van der Waals surface area contributed by atoms with Crippen molar-refractivity contribution in [1.29, 1.82) is 0 Å². The average Bonchev–Trinajstić information content (AvgIpc) is 3.43. The number of aryl methyl sites for hydroxylation is 1. The van der Waals surface area contributed by atoms with Gasteiger partial charge < -0.3 is 14.8 Å². The number of aromatic nitrogens is 3. The Morgan fingerprint density at radius 1 is 1.03 bits per heavy atom. The van der Waals surface area contributed by atoms with Gasteiger partial charge in [-0.2, -0.15) is 0 Å². The van der Waals surface area contributed by atoms with Gasteiger partial charge in [-0.3, -0.25) is 9.59 Å². The van der Waals surface area contributed by atoms with Crippen LogP contribution in [0.3, 0.4) is 0 Å². The number of fused-ring (bicyclic) bond motifs is 1. The largest absolute Gasteiger partial charge is 0.352 e. The van der Waals surface area contributed by atoms with Gasteiger partial charge in [0.05, 0.1) is 11.3 Å². The molecule has 0 spiro atoms. The van der Waals surface area contributed by atoms with Crippen LogP contribution in [0.25, 0.3) is 0 Å². The molecule has 2 aromatic rings. The lowest BCUT2D eigenvalue weighted by Gasteiger charge is -2.16. The fraction of sp³-hybridized carbons (Fsp3) is 0.524. The standard InChI is InChI=1S/C21H27N5O2S/c27-20(25-12-5-6-13-25)15-29-17-8-2-1-7-16(17)21(28)22-11-10-19-24-23-18-9-3-4-14-26(18)19/h1-2,7-8H,3-6,9-15H2,(H,22,28). The van der Waals surface area contributed by atoms with Gasteiger partial charge in [-0.25, -0.2) is 0 Å². The first-order valence-corrected chi connectivity index (χ1v) is 11.4. The number of benzene rings is 1. The summed E-state index contributed by atoms with van der Waals surface area (Å²) in [5.74, 6) is 2.41. The summed E-state index contributed by atoms with van der Waals surface area (Å²) in [6, 6.07) is 7.49. The van der Waals surface area contributed by atoms with Crippen molar-refractivity contribution >= 4 is 23.6 Å². The number of hydrogen-bond acceptors (Lipinski definition) is 5. The van der Waals surface area contributed by atoms with Gasteiger partial charge in [0.15, 0.2) is 0 Å². The first kappa shape index (κ1) is 19.9. The zero-order chi connectivity index (χ0) is 20.1. The molecule has 29 heavy (non-hydrogen) atoms. The first-order valence-electron chi connectivity index (χ1n) is 10.4. The predicted octanol–water partition coefficient (Wildman–Crippen LogP) is 2.30. The van der Waals surface area contributed by atoms with E-state index < -0.39 is 0 Å². The lowest BCUT2D eigenvalue weighted by Crippen LogP contribution is -2.29. The van der Waals surface area contributed by atoms with E-state index in [-0.39, 0.29) is 11.8 Å². The minimum atomic E-state index is -0.111. The van der Waals surface area contributed by atoms with Gasteiger partial charge in [-0.15, -0.1) is 22.0 Å². The Morgan fingerprint density at radius 3 is 2.69 bits per heavy atom. The molecule has 0 atom stereocenters. The Morgan fingerprint density at radius 2 is 1.83 bits per heavy atom. The van der Waals surface area contributed by atoms with Crippen LogP contribution in [-0.2, 0) is 24.2 Å². The van der Waals surface area contributed by atoms with E-state index in [2.05, 4.69) is 20.1 Å². The number of hydrogen-bond donors (Lipinski definition) is 1. The number of carbonyl (C=O) groups excluding carboxylic acids is 2. The number of nitrogens with one attached hydrogen (secondary N) is 1. The van der Waals surface area contributed by atoms with E-state index in [1.807, 2.05) is 29.2 Å². The van der Waals surface area contributed by atoms with Crippen LogP contribution < -0.4 is 5.32 Å². The Bertz CT molecular complexity index is 876. The van der Waals surface area contributed by atoms with Crippen molar-refractivity contribution in [3.8, 4) is 0 Å². The highest BCUT2D eigenvalue weighted by atomic mass is 32.2. The summed E-state index contributed by atoms with van der Waals surface area (Å²) in [4.78, 5) is 27.8. The van der Waals surface area contributed by atoms with E-state index in [1.165, 1.54) is 18.2 Å². The van der Waals surface area contributed by atoms with Crippen LogP contribution in [-0.4, -0.2) is 56.9 Å². The summed E-state index contributed by atoms with van der Waals surface area (Å²) in [6.07, 6.45) is 6.16. The van der Waals surface area contributed by atoms with Gasteiger partial charge in [0.2, 0.25) is 5.91 Å². The molecule has 1 saturated heterocycles. The predicted molar refractivity (Wildman–Crippen MR) is 112 cm³/mol. The van der Waals surface area contributed by atoms with Crippen LogP contribution in [0.1, 0.15) is 47.7 Å². The zero-order valence-electron chi connectivity index (χ0n) is 16.6. The second kappa shape index (κ2) is 9.43. The van der Waals surface area contributed by atoms with E-state index in [4.69, 9.17) is 0 Å². The van der Waals surface area contributed by atoms with E-state index in [0.29, 0.717) is 24.3 Å². The maximum absolute atomic E-state index is 12.7. The molecule has 4 rings (SSSR count). The lowest BCUT2D eigenvalue weighted by molar-refractivity contribution is -0.127. The number of carbonyl (C=O) groups is 2. The molecule has 154 valence electrons. The van der Waals surface area contributed by atoms with E-state index in [1.54, 1.807) is 0 Å². The molecule has 1 aromatic heterocycles. The number of thioether (sulfide) groups is 1. The summed E-state index contributed by atoms with van der Waals surface area (Å²) in [5.41, 5.74) is 0.620. The molecule has 0 unspecified atom stereocenters. The summed E-state index contributed by atoms with van der Waals surface area (Å²) in [6.45, 7) is 3.19. The Hall–Kier alpha value is -2.35. The molecule has 3 heterocycles. The zero-order valence-corrected chi connectivity index (χ0v) is 17.4. The maximum atomic E-state index is 12.7. The molecular weight excluding hydrogens is 386 g/mol. The average molecular weight is 414 g/mol. The van der Waals surface area contributed by atoms with Gasteiger partial charge in [-0.05, 0) is 37.8 Å². The van der Waals surface area contributed by atoms with Crippen LogP contribution in [0.15, 0.2) is 29.2 Å². The highest BCUT2D eigenvalue weighted by Crippen LogP contribution is 2.24. The number of amides is 2. The number of rotatable bonds is 7. The topological polar surface area (TPSA) is 80.1 Å². The highest BCUT2D eigenvalue weighted by Gasteiger charge is 2.20. The smallest absolute Gasteiger partial charge is 0.252 e. The van der Waals surface area contributed by atoms with Crippen molar-refractivity contribution in [1.82, 2.24) is 25.0 Å². The molecule has 1 fully saturated rings. The third-order valence-electron chi connectivity index (χ3n) is 5.51. The molecule has 2 aliphatic heterocycles. The molecule has 0 aliphatic carbocycles. The van der Waals surface area contributed by atoms with Crippen LogP contribution in [0, 0.1) is 0 Å². The van der Waals surface area contributed by atoms with E-state index >= 15 is 0 Å². The van der Waals surface area contributed by atoms with Crippen LogP contribution >= 0.6 is 11.8 Å². The van der Waals surface area contributed by atoms with E-state index in [0.717, 1.165) is 61.9 Å². The molecule has 0 radical (unpaired) electrons. The van der Waals surface area contributed by atoms with Gasteiger partial charge in [0, 0.05) is 43.9 Å². The minimum absolute atomic E-state index is 0.111. The quantitative estimate of drug-likeness (QED) is 0.705. The monoisotopic (exact) mass is 413 g/mol. The molecule has 7 nitrogen and oxygen atoms in total. The van der Waals surface area contributed by atoms with Crippen molar-refractivity contribution in [3.63, 3.8) is 0 Å². The molecule has 8 heteroatoms.